The van der Waals surface area contributed by atoms with Crippen molar-refractivity contribution in [2.75, 3.05) is 0 Å². The average molecular weight is 235 g/mol. The Labute approximate surface area is 98.5 Å². The zero-order valence-electron chi connectivity index (χ0n) is 9.89. The second kappa shape index (κ2) is 2.79. The summed E-state index contributed by atoms with van der Waals surface area (Å²) in [5, 5.41) is 10.7. The number of rotatable bonds is 1. The fourth-order valence-corrected chi connectivity index (χ4v) is 2.35. The predicted molar refractivity (Wildman–Crippen MR) is 60.0 cm³/mol. The first kappa shape index (κ1) is 10.5. The summed E-state index contributed by atoms with van der Waals surface area (Å²) < 4.78 is 11.6. The number of ether oxygens (including phenoxy) is 2. The highest BCUT2D eigenvalue weighted by molar-refractivity contribution is 5.50. The number of nitrogens with zero attached hydrogens (tertiary/aromatic N) is 1. The summed E-state index contributed by atoms with van der Waals surface area (Å²) in [4.78, 5) is 10.3. The molecule has 0 radical (unpaired) electrons. The van der Waals surface area contributed by atoms with Gasteiger partial charge < -0.3 is 9.47 Å². The molecule has 2 aliphatic rings. The molecule has 3 rings (SSSR count). The molecule has 0 saturated carbocycles. The summed E-state index contributed by atoms with van der Waals surface area (Å²) in [7, 11) is 0. The Morgan fingerprint density at radius 2 is 2.06 bits per heavy atom. The topological polar surface area (TPSA) is 64.9 Å². The van der Waals surface area contributed by atoms with Crippen molar-refractivity contribution in [3.63, 3.8) is 0 Å². The van der Waals surface area contributed by atoms with E-state index in [-0.39, 0.29) is 17.4 Å². The number of nitro groups is 1. The van der Waals surface area contributed by atoms with Gasteiger partial charge in [-0.1, -0.05) is 0 Å². The van der Waals surface area contributed by atoms with E-state index in [0.717, 1.165) is 5.56 Å². The minimum atomic E-state index is -0.416. The minimum Gasteiger partial charge on any atom is -0.484 e. The summed E-state index contributed by atoms with van der Waals surface area (Å²) >= 11 is 0. The Bertz CT molecular complexity index is 525. The third-order valence-electron chi connectivity index (χ3n) is 3.85. The normalized spacial score (nSPS) is 32.1. The van der Waals surface area contributed by atoms with Crippen LogP contribution in [0.15, 0.2) is 18.2 Å². The van der Waals surface area contributed by atoms with Crippen molar-refractivity contribution in [1.82, 2.24) is 0 Å². The molecule has 2 heterocycles. The fraction of sp³-hybridized carbons (Fsp3) is 0.500. The lowest BCUT2D eigenvalue weighted by atomic mass is 9.83. The molecule has 1 saturated heterocycles. The summed E-state index contributed by atoms with van der Waals surface area (Å²) in [5.74, 6) is 0.681. The van der Waals surface area contributed by atoms with Crippen molar-refractivity contribution in [2.45, 2.75) is 38.1 Å². The van der Waals surface area contributed by atoms with E-state index in [9.17, 15) is 10.1 Å². The Morgan fingerprint density at radius 3 is 2.71 bits per heavy atom. The average Bonchev–Trinajstić information content (AvgIpc) is 2.92. The standard InChI is InChI=1S/C12H13NO4/c1-11(2)12(3)10(17-12)8-6-7(13(14)15)4-5-9(8)16-11/h4-6,10H,1-3H3. The van der Waals surface area contributed by atoms with Gasteiger partial charge in [-0.3, -0.25) is 10.1 Å². The van der Waals surface area contributed by atoms with Crippen molar-refractivity contribution in [2.24, 2.45) is 0 Å². The van der Waals surface area contributed by atoms with Gasteiger partial charge in [0.25, 0.3) is 5.69 Å². The number of hydrogen-bond acceptors (Lipinski definition) is 4. The predicted octanol–water partition coefficient (Wildman–Crippen LogP) is 2.60. The Balaban J connectivity index is 2.10. The van der Waals surface area contributed by atoms with Crippen molar-refractivity contribution in [3.8, 4) is 5.75 Å². The zero-order chi connectivity index (χ0) is 12.4. The fourth-order valence-electron chi connectivity index (χ4n) is 2.35. The van der Waals surface area contributed by atoms with Crippen LogP contribution in [-0.4, -0.2) is 16.1 Å². The maximum atomic E-state index is 10.7. The van der Waals surface area contributed by atoms with Gasteiger partial charge in [0.1, 0.15) is 23.1 Å². The van der Waals surface area contributed by atoms with Crippen LogP contribution in [0.4, 0.5) is 5.69 Å². The van der Waals surface area contributed by atoms with Crippen molar-refractivity contribution < 1.29 is 14.4 Å². The monoisotopic (exact) mass is 235 g/mol. The molecule has 0 amide bonds. The summed E-state index contributed by atoms with van der Waals surface area (Å²) in [5.41, 5.74) is 0.0571. The molecule has 0 aromatic heterocycles. The molecule has 0 spiro atoms. The highest BCUT2D eigenvalue weighted by atomic mass is 16.7. The van der Waals surface area contributed by atoms with E-state index >= 15 is 0 Å². The maximum absolute atomic E-state index is 10.7. The van der Waals surface area contributed by atoms with Crippen LogP contribution in [0.3, 0.4) is 0 Å². The second-order valence-electron chi connectivity index (χ2n) is 5.20. The molecule has 1 fully saturated rings. The SMILES string of the molecule is CC1(C)Oc2ccc([N+](=O)[O-])cc2C2OC21C. The smallest absolute Gasteiger partial charge is 0.270 e. The van der Waals surface area contributed by atoms with Gasteiger partial charge in [0.05, 0.1) is 4.92 Å². The first-order valence-electron chi connectivity index (χ1n) is 5.50. The number of fused-ring (bicyclic) bond motifs is 3. The second-order valence-corrected chi connectivity index (χ2v) is 5.20. The van der Waals surface area contributed by atoms with E-state index in [2.05, 4.69) is 0 Å². The van der Waals surface area contributed by atoms with Crippen molar-refractivity contribution in [3.05, 3.63) is 33.9 Å². The molecule has 2 aliphatic heterocycles. The minimum absolute atomic E-state index is 0.0740. The Morgan fingerprint density at radius 1 is 1.35 bits per heavy atom. The van der Waals surface area contributed by atoms with E-state index in [4.69, 9.17) is 9.47 Å². The maximum Gasteiger partial charge on any atom is 0.270 e. The van der Waals surface area contributed by atoms with E-state index in [1.807, 2.05) is 20.8 Å². The van der Waals surface area contributed by atoms with E-state index < -0.39 is 10.5 Å². The van der Waals surface area contributed by atoms with E-state index in [0.29, 0.717) is 5.75 Å². The molecule has 2 unspecified atom stereocenters. The molecular weight excluding hydrogens is 222 g/mol. The van der Waals surface area contributed by atoms with Crippen LogP contribution in [0.2, 0.25) is 0 Å². The highest BCUT2D eigenvalue weighted by Gasteiger charge is 2.67. The first-order valence-corrected chi connectivity index (χ1v) is 5.50. The molecule has 5 nitrogen and oxygen atoms in total. The Hall–Kier alpha value is -1.62. The molecule has 1 aromatic rings. The molecular formula is C12H13NO4. The molecule has 1 aromatic carbocycles. The number of benzene rings is 1. The zero-order valence-corrected chi connectivity index (χ0v) is 9.89. The first-order chi connectivity index (χ1) is 7.85. The van der Waals surface area contributed by atoms with Gasteiger partial charge in [0.15, 0.2) is 0 Å². The Kier molecular flexibility index (Phi) is 1.73. The molecule has 0 N–H and O–H groups in total. The van der Waals surface area contributed by atoms with Crippen LogP contribution >= 0.6 is 0 Å². The van der Waals surface area contributed by atoms with Crippen LogP contribution in [0.5, 0.6) is 5.75 Å². The van der Waals surface area contributed by atoms with Crippen molar-refractivity contribution in [1.29, 1.82) is 0 Å². The van der Waals surface area contributed by atoms with Crippen LogP contribution < -0.4 is 4.74 Å². The third kappa shape index (κ3) is 1.23. The van der Waals surface area contributed by atoms with Crippen molar-refractivity contribution >= 4 is 5.69 Å². The largest absolute Gasteiger partial charge is 0.484 e. The van der Waals surface area contributed by atoms with Crippen LogP contribution in [-0.2, 0) is 4.74 Å². The van der Waals surface area contributed by atoms with Gasteiger partial charge in [-0.25, -0.2) is 0 Å². The van der Waals surface area contributed by atoms with Gasteiger partial charge in [-0.2, -0.15) is 0 Å². The summed E-state index contributed by atoms with van der Waals surface area (Å²) in [6, 6.07) is 4.65. The van der Waals surface area contributed by atoms with Gasteiger partial charge in [0, 0.05) is 17.7 Å². The summed E-state index contributed by atoms with van der Waals surface area (Å²) in [6.45, 7) is 5.91. The molecule has 17 heavy (non-hydrogen) atoms. The quantitative estimate of drug-likeness (QED) is 0.426. The molecule has 0 bridgehead atoms. The van der Waals surface area contributed by atoms with Gasteiger partial charge >= 0.3 is 0 Å². The van der Waals surface area contributed by atoms with Crippen LogP contribution in [0.25, 0.3) is 0 Å². The number of non-ortho nitro benzene ring substituents is 1. The number of nitro benzene ring substituents is 1. The van der Waals surface area contributed by atoms with Gasteiger partial charge in [-0.05, 0) is 26.8 Å². The molecule has 0 aliphatic carbocycles. The number of hydrogen-bond donors (Lipinski definition) is 0. The van der Waals surface area contributed by atoms with Crippen LogP contribution in [0.1, 0.15) is 32.4 Å². The molecule has 90 valence electrons. The molecule has 5 heteroatoms. The van der Waals surface area contributed by atoms with Gasteiger partial charge in [0.2, 0.25) is 0 Å². The van der Waals surface area contributed by atoms with E-state index in [1.165, 1.54) is 6.07 Å². The lowest BCUT2D eigenvalue weighted by Gasteiger charge is -2.35. The van der Waals surface area contributed by atoms with E-state index in [1.54, 1.807) is 12.1 Å². The van der Waals surface area contributed by atoms with Gasteiger partial charge in [-0.15, -0.1) is 0 Å². The number of epoxide rings is 1. The highest BCUT2D eigenvalue weighted by Crippen LogP contribution is 2.62. The lowest BCUT2D eigenvalue weighted by molar-refractivity contribution is -0.385. The third-order valence-corrected chi connectivity index (χ3v) is 3.85. The lowest BCUT2D eigenvalue weighted by Crippen LogP contribution is -2.45. The molecule has 2 atom stereocenters. The van der Waals surface area contributed by atoms with Crippen LogP contribution in [0, 0.1) is 10.1 Å². The summed E-state index contributed by atoms with van der Waals surface area (Å²) in [6.07, 6.45) is -0.0962.